The zero-order valence-electron chi connectivity index (χ0n) is 12.6. The third-order valence-electron chi connectivity index (χ3n) is 3.78. The number of aryl methyl sites for hydroxylation is 1. The average molecular weight is 359 g/mol. The number of rotatable bonds is 7. The lowest BCUT2D eigenvalue weighted by molar-refractivity contribution is 0.204. The molecule has 0 bridgehead atoms. The molecule has 6 nitrogen and oxygen atoms in total. The summed E-state index contributed by atoms with van der Waals surface area (Å²) in [5.74, 6) is 0. The smallest absolute Gasteiger partial charge is 0.283 e. The molecule has 1 unspecified atom stereocenters. The van der Waals surface area contributed by atoms with Gasteiger partial charge >= 0.3 is 0 Å². The van der Waals surface area contributed by atoms with E-state index >= 15 is 0 Å². The van der Waals surface area contributed by atoms with E-state index < -0.39 is 0 Å². The van der Waals surface area contributed by atoms with Crippen LogP contribution >= 0.6 is 15.9 Å². The number of nitrogens with one attached hydrogen (secondary N) is 1. The number of hydrogen-bond acceptors (Lipinski definition) is 5. The monoisotopic (exact) mass is 358 g/mol. The van der Waals surface area contributed by atoms with Gasteiger partial charge in [-0.2, -0.15) is 5.10 Å². The highest BCUT2D eigenvalue weighted by atomic mass is 79.9. The molecule has 1 fully saturated rings. The average Bonchev–Trinajstić information content (AvgIpc) is 2.99. The summed E-state index contributed by atoms with van der Waals surface area (Å²) in [6.45, 7) is 5.77. The van der Waals surface area contributed by atoms with Crippen molar-refractivity contribution in [3.8, 4) is 0 Å². The van der Waals surface area contributed by atoms with Gasteiger partial charge < -0.3 is 15.0 Å². The van der Waals surface area contributed by atoms with Gasteiger partial charge in [-0.25, -0.2) is 4.68 Å². The molecule has 2 heterocycles. The van der Waals surface area contributed by atoms with E-state index in [4.69, 9.17) is 4.74 Å². The number of aromatic nitrogens is 2. The highest BCUT2D eigenvalue weighted by Gasteiger charge is 2.21. The van der Waals surface area contributed by atoms with Crippen molar-refractivity contribution < 1.29 is 4.74 Å². The fraction of sp³-hybridized carbons (Fsp3) is 0.714. The minimum absolute atomic E-state index is 0.0863. The Morgan fingerprint density at radius 1 is 1.62 bits per heavy atom. The number of hydrogen-bond donors (Lipinski definition) is 1. The zero-order chi connectivity index (χ0) is 15.2. The molecule has 0 aromatic carbocycles. The van der Waals surface area contributed by atoms with Crippen LogP contribution in [0.4, 0.5) is 5.69 Å². The van der Waals surface area contributed by atoms with E-state index in [0.717, 1.165) is 25.3 Å². The molecule has 1 aliphatic heterocycles. The summed E-state index contributed by atoms with van der Waals surface area (Å²) >= 11 is 3.44. The standard InChI is InChI=1S/C14H23BrN4O2/c1-3-19-14(20)13(15)12(9-17-19)18(7-8-21-2)10-11-5-4-6-16-11/h9,11,16H,3-8,10H2,1-2H3. The molecular weight excluding hydrogens is 336 g/mol. The minimum atomic E-state index is -0.0863. The number of ether oxygens (including phenoxy) is 1. The number of methoxy groups -OCH3 is 1. The first-order valence-corrected chi connectivity index (χ1v) is 8.19. The third kappa shape index (κ3) is 4.05. The van der Waals surface area contributed by atoms with Crippen molar-refractivity contribution in [3.63, 3.8) is 0 Å². The highest BCUT2D eigenvalue weighted by molar-refractivity contribution is 9.10. The van der Waals surface area contributed by atoms with Crippen molar-refractivity contribution in [2.24, 2.45) is 0 Å². The molecule has 0 spiro atoms. The molecule has 1 N–H and O–H groups in total. The Hall–Kier alpha value is -0.920. The normalized spacial score (nSPS) is 18.1. The Balaban J connectivity index is 2.22. The van der Waals surface area contributed by atoms with Crippen LogP contribution in [0, 0.1) is 0 Å². The van der Waals surface area contributed by atoms with E-state index in [9.17, 15) is 4.79 Å². The molecule has 0 radical (unpaired) electrons. The fourth-order valence-electron chi connectivity index (χ4n) is 2.59. The molecule has 2 rings (SSSR count). The molecule has 21 heavy (non-hydrogen) atoms. The van der Waals surface area contributed by atoms with Gasteiger partial charge in [-0.15, -0.1) is 0 Å². The fourth-order valence-corrected chi connectivity index (χ4v) is 3.15. The van der Waals surface area contributed by atoms with Crippen LogP contribution < -0.4 is 15.8 Å². The van der Waals surface area contributed by atoms with Gasteiger partial charge in [0.2, 0.25) is 0 Å². The molecular formula is C14H23BrN4O2. The summed E-state index contributed by atoms with van der Waals surface area (Å²) in [7, 11) is 1.69. The molecule has 1 aliphatic rings. The predicted octanol–water partition coefficient (Wildman–Crippen LogP) is 1.23. The second kappa shape index (κ2) is 7.91. The van der Waals surface area contributed by atoms with E-state index in [1.54, 1.807) is 13.3 Å². The number of anilines is 1. The van der Waals surface area contributed by atoms with Crippen molar-refractivity contribution in [2.75, 3.05) is 38.3 Å². The van der Waals surface area contributed by atoms with Crippen molar-refractivity contribution in [3.05, 3.63) is 21.0 Å². The van der Waals surface area contributed by atoms with Gasteiger partial charge in [-0.3, -0.25) is 4.79 Å². The molecule has 0 saturated carbocycles. The maximum absolute atomic E-state index is 12.2. The predicted molar refractivity (Wildman–Crippen MR) is 87.0 cm³/mol. The Morgan fingerprint density at radius 2 is 2.43 bits per heavy atom. The molecule has 1 saturated heterocycles. The largest absolute Gasteiger partial charge is 0.383 e. The zero-order valence-corrected chi connectivity index (χ0v) is 14.2. The summed E-state index contributed by atoms with van der Waals surface area (Å²) < 4.78 is 7.22. The summed E-state index contributed by atoms with van der Waals surface area (Å²) in [5.41, 5.74) is 0.757. The van der Waals surface area contributed by atoms with Crippen LogP contribution in [0.15, 0.2) is 15.5 Å². The summed E-state index contributed by atoms with van der Waals surface area (Å²) in [6, 6.07) is 0.461. The topological polar surface area (TPSA) is 59.4 Å². The van der Waals surface area contributed by atoms with Crippen molar-refractivity contribution in [1.82, 2.24) is 15.1 Å². The third-order valence-corrected chi connectivity index (χ3v) is 4.52. The van der Waals surface area contributed by atoms with Crippen molar-refractivity contribution in [1.29, 1.82) is 0 Å². The first-order chi connectivity index (χ1) is 10.2. The van der Waals surface area contributed by atoms with Gasteiger partial charge in [0, 0.05) is 32.8 Å². The number of halogens is 1. The Labute approximate surface area is 133 Å². The van der Waals surface area contributed by atoms with Crippen molar-refractivity contribution >= 4 is 21.6 Å². The second-order valence-electron chi connectivity index (χ2n) is 5.20. The molecule has 1 aromatic heterocycles. The van der Waals surface area contributed by atoms with Gasteiger partial charge in [0.25, 0.3) is 5.56 Å². The molecule has 1 aromatic rings. The van der Waals surface area contributed by atoms with Gasteiger partial charge in [0.05, 0.1) is 18.5 Å². The van der Waals surface area contributed by atoms with Crippen molar-refractivity contribution in [2.45, 2.75) is 32.4 Å². The van der Waals surface area contributed by atoms with Gasteiger partial charge in [-0.05, 0) is 42.2 Å². The van der Waals surface area contributed by atoms with Crippen LogP contribution in [-0.2, 0) is 11.3 Å². The van der Waals surface area contributed by atoms with Crippen LogP contribution in [0.2, 0.25) is 0 Å². The quantitative estimate of drug-likeness (QED) is 0.794. The van der Waals surface area contributed by atoms with Crippen LogP contribution in [0.25, 0.3) is 0 Å². The SMILES string of the molecule is CCn1ncc(N(CCOC)CC2CCCN2)c(Br)c1=O. The van der Waals surface area contributed by atoms with Gasteiger partial charge in [0.15, 0.2) is 0 Å². The van der Waals surface area contributed by atoms with E-state index in [2.05, 4.69) is 31.2 Å². The minimum Gasteiger partial charge on any atom is -0.383 e. The first kappa shape index (κ1) is 16.5. The molecule has 118 valence electrons. The lowest BCUT2D eigenvalue weighted by Crippen LogP contribution is -2.40. The van der Waals surface area contributed by atoms with E-state index in [1.165, 1.54) is 17.5 Å². The van der Waals surface area contributed by atoms with Crippen LogP contribution in [0.3, 0.4) is 0 Å². The number of nitrogens with zero attached hydrogens (tertiary/aromatic N) is 3. The lowest BCUT2D eigenvalue weighted by Gasteiger charge is -2.28. The van der Waals surface area contributed by atoms with E-state index in [1.807, 2.05) is 6.92 Å². The van der Waals surface area contributed by atoms with Gasteiger partial charge in [-0.1, -0.05) is 0 Å². The molecule has 0 amide bonds. The Kier molecular flexibility index (Phi) is 6.20. The van der Waals surface area contributed by atoms with Crippen LogP contribution in [-0.4, -0.2) is 49.2 Å². The van der Waals surface area contributed by atoms with Crippen LogP contribution in [0.5, 0.6) is 0 Å². The second-order valence-corrected chi connectivity index (χ2v) is 5.99. The molecule has 7 heteroatoms. The van der Waals surface area contributed by atoms with E-state index in [-0.39, 0.29) is 5.56 Å². The highest BCUT2D eigenvalue weighted by Crippen LogP contribution is 2.22. The van der Waals surface area contributed by atoms with E-state index in [0.29, 0.717) is 23.7 Å². The Bertz CT molecular complexity index is 514. The lowest BCUT2D eigenvalue weighted by atomic mass is 10.2. The Morgan fingerprint density at radius 3 is 3.05 bits per heavy atom. The maximum Gasteiger partial charge on any atom is 0.283 e. The van der Waals surface area contributed by atoms with Gasteiger partial charge in [0.1, 0.15) is 4.47 Å². The summed E-state index contributed by atoms with van der Waals surface area (Å²) in [6.07, 6.45) is 4.14. The maximum atomic E-state index is 12.2. The summed E-state index contributed by atoms with van der Waals surface area (Å²) in [4.78, 5) is 14.4. The summed E-state index contributed by atoms with van der Waals surface area (Å²) in [5, 5.41) is 7.72. The first-order valence-electron chi connectivity index (χ1n) is 7.40. The van der Waals surface area contributed by atoms with Crippen LogP contribution in [0.1, 0.15) is 19.8 Å². The molecule has 0 aliphatic carbocycles. The molecule has 1 atom stereocenters.